The summed E-state index contributed by atoms with van der Waals surface area (Å²) in [7, 11) is 1.47. The Morgan fingerprint density at radius 3 is 2.71 bits per heavy atom. The van der Waals surface area contributed by atoms with E-state index in [4.69, 9.17) is 5.11 Å². The van der Waals surface area contributed by atoms with Crippen LogP contribution in [0.5, 0.6) is 0 Å². The highest BCUT2D eigenvalue weighted by atomic mass is 19.1. The SMILES string of the molecule is CCNC(=O)CN(C)C(=O)c1ccc(C#CCO)c(F)c1. The number of hydrogen-bond donors (Lipinski definition) is 2. The number of aliphatic hydroxyl groups is 1. The lowest BCUT2D eigenvalue weighted by Gasteiger charge is -2.16. The lowest BCUT2D eigenvalue weighted by atomic mass is 10.1. The van der Waals surface area contributed by atoms with Crippen LogP contribution in [0.4, 0.5) is 4.39 Å². The van der Waals surface area contributed by atoms with Crippen molar-refractivity contribution in [3.8, 4) is 11.8 Å². The normalized spacial score (nSPS) is 9.52. The third-order valence-corrected chi connectivity index (χ3v) is 2.62. The van der Waals surface area contributed by atoms with E-state index in [2.05, 4.69) is 17.2 Å². The first-order valence-corrected chi connectivity index (χ1v) is 6.41. The fraction of sp³-hybridized carbons (Fsp3) is 0.333. The highest BCUT2D eigenvalue weighted by Gasteiger charge is 2.15. The molecule has 0 aliphatic carbocycles. The number of nitrogens with one attached hydrogen (secondary N) is 1. The van der Waals surface area contributed by atoms with Crippen LogP contribution in [0, 0.1) is 17.7 Å². The molecule has 2 N–H and O–H groups in total. The largest absolute Gasteiger partial charge is 0.384 e. The van der Waals surface area contributed by atoms with Crippen LogP contribution in [0.3, 0.4) is 0 Å². The smallest absolute Gasteiger partial charge is 0.254 e. The van der Waals surface area contributed by atoms with E-state index in [1.807, 2.05) is 0 Å². The lowest BCUT2D eigenvalue weighted by Crippen LogP contribution is -2.38. The van der Waals surface area contributed by atoms with Gasteiger partial charge in [0.05, 0.1) is 12.1 Å². The third-order valence-electron chi connectivity index (χ3n) is 2.62. The number of amides is 2. The van der Waals surface area contributed by atoms with Crippen molar-refractivity contribution in [1.29, 1.82) is 0 Å². The molecule has 1 rings (SSSR count). The molecule has 0 aliphatic rings. The maximum Gasteiger partial charge on any atom is 0.254 e. The maximum absolute atomic E-state index is 13.7. The van der Waals surface area contributed by atoms with E-state index in [0.717, 1.165) is 6.07 Å². The quantitative estimate of drug-likeness (QED) is 0.788. The molecule has 112 valence electrons. The predicted octanol–water partition coefficient (Wildman–Crippen LogP) is 0.378. The monoisotopic (exact) mass is 292 g/mol. The molecule has 2 amide bonds. The van der Waals surface area contributed by atoms with Gasteiger partial charge in [0.2, 0.25) is 5.91 Å². The van der Waals surface area contributed by atoms with Crippen molar-refractivity contribution in [2.24, 2.45) is 0 Å². The minimum Gasteiger partial charge on any atom is -0.384 e. The van der Waals surface area contributed by atoms with Crippen molar-refractivity contribution in [3.05, 3.63) is 35.1 Å². The van der Waals surface area contributed by atoms with Crippen LogP contribution < -0.4 is 5.32 Å². The van der Waals surface area contributed by atoms with Gasteiger partial charge in [0.15, 0.2) is 0 Å². The molecule has 0 saturated carbocycles. The van der Waals surface area contributed by atoms with Crippen molar-refractivity contribution >= 4 is 11.8 Å². The van der Waals surface area contributed by atoms with E-state index in [0.29, 0.717) is 6.54 Å². The van der Waals surface area contributed by atoms with E-state index in [9.17, 15) is 14.0 Å². The minimum absolute atomic E-state index is 0.0969. The average molecular weight is 292 g/mol. The third kappa shape index (κ3) is 4.89. The summed E-state index contributed by atoms with van der Waals surface area (Å²) in [6.45, 7) is 1.80. The van der Waals surface area contributed by atoms with E-state index in [1.54, 1.807) is 6.92 Å². The molecule has 0 atom stereocenters. The fourth-order valence-corrected chi connectivity index (χ4v) is 1.64. The van der Waals surface area contributed by atoms with E-state index >= 15 is 0 Å². The Morgan fingerprint density at radius 2 is 2.14 bits per heavy atom. The molecule has 0 bridgehead atoms. The second kappa shape index (κ2) is 8.02. The van der Waals surface area contributed by atoms with Crippen molar-refractivity contribution in [2.75, 3.05) is 26.7 Å². The molecule has 0 spiro atoms. The van der Waals surface area contributed by atoms with Gasteiger partial charge >= 0.3 is 0 Å². The molecule has 0 aromatic heterocycles. The molecule has 0 saturated heterocycles. The number of aliphatic hydroxyl groups excluding tert-OH is 1. The Labute approximate surface area is 122 Å². The summed E-state index contributed by atoms with van der Waals surface area (Å²) in [6.07, 6.45) is 0. The molecule has 21 heavy (non-hydrogen) atoms. The van der Waals surface area contributed by atoms with E-state index in [1.165, 1.54) is 24.1 Å². The van der Waals surface area contributed by atoms with Gasteiger partial charge in [-0.3, -0.25) is 9.59 Å². The van der Waals surface area contributed by atoms with Gasteiger partial charge in [0.1, 0.15) is 12.4 Å². The van der Waals surface area contributed by atoms with E-state index in [-0.39, 0.29) is 30.2 Å². The summed E-state index contributed by atoms with van der Waals surface area (Å²) in [4.78, 5) is 24.7. The molecular weight excluding hydrogens is 275 g/mol. The summed E-state index contributed by atoms with van der Waals surface area (Å²) < 4.78 is 13.7. The van der Waals surface area contributed by atoms with Crippen LogP contribution in [0.25, 0.3) is 0 Å². The number of nitrogens with zero attached hydrogens (tertiary/aromatic N) is 1. The van der Waals surface area contributed by atoms with Crippen LogP contribution in [0.1, 0.15) is 22.8 Å². The second-order valence-electron chi connectivity index (χ2n) is 4.27. The number of benzene rings is 1. The van der Waals surface area contributed by atoms with Gasteiger partial charge < -0.3 is 15.3 Å². The van der Waals surface area contributed by atoms with Crippen molar-refractivity contribution in [1.82, 2.24) is 10.2 Å². The van der Waals surface area contributed by atoms with Crippen molar-refractivity contribution < 1.29 is 19.1 Å². The zero-order valence-corrected chi connectivity index (χ0v) is 11.9. The zero-order valence-electron chi connectivity index (χ0n) is 11.9. The maximum atomic E-state index is 13.7. The summed E-state index contributed by atoms with van der Waals surface area (Å²) in [6, 6.07) is 3.87. The minimum atomic E-state index is -0.645. The summed E-state index contributed by atoms with van der Waals surface area (Å²) in [5.41, 5.74) is 0.237. The summed E-state index contributed by atoms with van der Waals surface area (Å²) >= 11 is 0. The molecule has 6 heteroatoms. The number of carbonyl (C=O) groups excluding carboxylic acids is 2. The zero-order chi connectivity index (χ0) is 15.8. The first kappa shape index (κ1) is 16.7. The Hall–Kier alpha value is -2.39. The Bertz CT molecular complexity index is 590. The summed E-state index contributed by atoms with van der Waals surface area (Å²) in [5, 5.41) is 11.1. The van der Waals surface area contributed by atoms with Gasteiger partial charge in [-0.05, 0) is 25.1 Å². The number of halogens is 1. The highest BCUT2D eigenvalue weighted by molar-refractivity contribution is 5.96. The summed E-state index contributed by atoms with van der Waals surface area (Å²) in [5.74, 6) is 3.40. The molecule has 0 fully saturated rings. The molecule has 1 aromatic carbocycles. The molecule has 1 aromatic rings. The molecular formula is C15H17FN2O3. The molecule has 0 unspecified atom stereocenters. The molecule has 0 aliphatic heterocycles. The number of hydrogen-bond acceptors (Lipinski definition) is 3. The molecule has 5 nitrogen and oxygen atoms in total. The van der Waals surface area contributed by atoms with Crippen LogP contribution in [0.15, 0.2) is 18.2 Å². The van der Waals surface area contributed by atoms with Crippen LogP contribution in [-0.4, -0.2) is 48.6 Å². The Balaban J connectivity index is 2.83. The highest BCUT2D eigenvalue weighted by Crippen LogP contribution is 2.11. The van der Waals surface area contributed by atoms with Crippen LogP contribution in [0.2, 0.25) is 0 Å². The molecule has 0 radical (unpaired) electrons. The van der Waals surface area contributed by atoms with Crippen molar-refractivity contribution in [3.63, 3.8) is 0 Å². The van der Waals surface area contributed by atoms with Gasteiger partial charge in [-0.1, -0.05) is 11.8 Å². The molecule has 0 heterocycles. The number of carbonyl (C=O) groups is 2. The van der Waals surface area contributed by atoms with Gasteiger partial charge in [0, 0.05) is 19.2 Å². The number of likely N-dealkylation sites (N-methyl/N-ethyl adjacent to an activating group) is 2. The van der Waals surface area contributed by atoms with Crippen molar-refractivity contribution in [2.45, 2.75) is 6.92 Å². The fourth-order valence-electron chi connectivity index (χ4n) is 1.64. The Morgan fingerprint density at radius 1 is 1.43 bits per heavy atom. The first-order valence-electron chi connectivity index (χ1n) is 6.41. The standard InChI is InChI=1S/C15H17FN2O3/c1-3-17-14(20)10-18(2)15(21)12-7-6-11(5-4-8-19)13(16)9-12/h6-7,9,19H,3,8,10H2,1-2H3,(H,17,20). The van der Waals surface area contributed by atoms with Gasteiger partial charge in [-0.25, -0.2) is 4.39 Å². The van der Waals surface area contributed by atoms with E-state index < -0.39 is 11.7 Å². The van der Waals surface area contributed by atoms with Gasteiger partial charge in [-0.15, -0.1) is 0 Å². The Kier molecular flexibility index (Phi) is 6.37. The van der Waals surface area contributed by atoms with Gasteiger partial charge in [-0.2, -0.15) is 0 Å². The average Bonchev–Trinajstić information content (AvgIpc) is 2.45. The van der Waals surface area contributed by atoms with Gasteiger partial charge in [0.25, 0.3) is 5.91 Å². The number of rotatable bonds is 4. The predicted molar refractivity (Wildman–Crippen MR) is 76.0 cm³/mol. The second-order valence-corrected chi connectivity index (χ2v) is 4.27. The van der Waals surface area contributed by atoms with Crippen LogP contribution >= 0.6 is 0 Å². The van der Waals surface area contributed by atoms with Crippen LogP contribution in [-0.2, 0) is 4.79 Å². The lowest BCUT2D eigenvalue weighted by molar-refractivity contribution is -0.121. The first-order chi connectivity index (χ1) is 9.99. The topological polar surface area (TPSA) is 69.6 Å².